The molecule has 0 fully saturated rings. The van der Waals surface area contributed by atoms with Gasteiger partial charge in [-0.2, -0.15) is 0 Å². The number of carbonyl (C=O) groups excluding carboxylic acids is 1. The number of benzene rings is 1. The van der Waals surface area contributed by atoms with Gasteiger partial charge in [-0.15, -0.1) is 21.5 Å². The lowest BCUT2D eigenvalue weighted by Crippen LogP contribution is -2.14. The average Bonchev–Trinajstić information content (AvgIpc) is 3.37. The summed E-state index contributed by atoms with van der Waals surface area (Å²) in [6.45, 7) is 2.03. The summed E-state index contributed by atoms with van der Waals surface area (Å²) in [5.74, 6) is 0.697. The standard InChI is InChI=1S/C19H16N6OS2/c1-13-6-2-3-8-15(13)25-17(14-7-4-5-9-20-14)23-24-19(25)28-12-16(26)22-18-21-10-11-27-18/h2-11H,12H2,1H3,(H,21,22,26). The zero-order valence-corrected chi connectivity index (χ0v) is 16.6. The van der Waals surface area contributed by atoms with E-state index in [1.807, 2.05) is 59.3 Å². The van der Waals surface area contributed by atoms with Gasteiger partial charge in [-0.05, 0) is 30.7 Å². The first-order valence-corrected chi connectivity index (χ1v) is 10.3. The molecule has 0 radical (unpaired) electrons. The Kier molecular flexibility index (Phi) is 5.45. The SMILES string of the molecule is Cc1ccccc1-n1c(SCC(=O)Nc2nccs2)nnc1-c1ccccn1. The van der Waals surface area contributed by atoms with Crippen LogP contribution in [0.4, 0.5) is 5.13 Å². The third-order valence-corrected chi connectivity index (χ3v) is 5.51. The van der Waals surface area contributed by atoms with E-state index in [9.17, 15) is 4.79 Å². The Morgan fingerprint density at radius 1 is 1.11 bits per heavy atom. The van der Waals surface area contributed by atoms with Crippen molar-refractivity contribution in [3.63, 3.8) is 0 Å². The lowest BCUT2D eigenvalue weighted by Gasteiger charge is -2.12. The van der Waals surface area contributed by atoms with Crippen molar-refractivity contribution in [2.45, 2.75) is 12.1 Å². The first-order chi connectivity index (χ1) is 13.7. The van der Waals surface area contributed by atoms with Gasteiger partial charge in [0.2, 0.25) is 5.91 Å². The number of amides is 1. The van der Waals surface area contributed by atoms with Gasteiger partial charge in [0.15, 0.2) is 16.1 Å². The fourth-order valence-electron chi connectivity index (χ4n) is 2.63. The van der Waals surface area contributed by atoms with Crippen LogP contribution in [0, 0.1) is 6.92 Å². The van der Waals surface area contributed by atoms with Crippen LogP contribution in [0.5, 0.6) is 0 Å². The van der Waals surface area contributed by atoms with Gasteiger partial charge in [0.25, 0.3) is 0 Å². The molecule has 0 saturated heterocycles. The number of nitrogens with zero attached hydrogens (tertiary/aromatic N) is 5. The van der Waals surface area contributed by atoms with E-state index in [0.717, 1.165) is 16.9 Å². The number of nitrogens with one attached hydrogen (secondary N) is 1. The fraction of sp³-hybridized carbons (Fsp3) is 0.105. The molecule has 0 bridgehead atoms. The Morgan fingerprint density at radius 2 is 1.96 bits per heavy atom. The third kappa shape index (κ3) is 3.95. The number of carbonyl (C=O) groups is 1. The molecule has 9 heteroatoms. The molecule has 1 amide bonds. The van der Waals surface area contributed by atoms with E-state index in [4.69, 9.17) is 0 Å². The molecule has 0 aliphatic carbocycles. The molecular formula is C19H16N6OS2. The number of aryl methyl sites for hydroxylation is 1. The highest BCUT2D eigenvalue weighted by molar-refractivity contribution is 7.99. The maximum Gasteiger partial charge on any atom is 0.236 e. The highest BCUT2D eigenvalue weighted by Crippen LogP contribution is 2.28. The Labute approximate surface area is 169 Å². The minimum absolute atomic E-state index is 0.140. The number of rotatable bonds is 6. The lowest BCUT2D eigenvalue weighted by atomic mass is 10.2. The van der Waals surface area contributed by atoms with Gasteiger partial charge in [-0.3, -0.25) is 14.3 Å². The van der Waals surface area contributed by atoms with Crippen molar-refractivity contribution in [3.8, 4) is 17.2 Å². The molecule has 3 heterocycles. The molecule has 0 aliphatic heterocycles. The van der Waals surface area contributed by atoms with Gasteiger partial charge in [0.1, 0.15) is 5.69 Å². The smallest absolute Gasteiger partial charge is 0.236 e. The summed E-state index contributed by atoms with van der Waals surface area (Å²) in [6.07, 6.45) is 3.38. The second-order valence-corrected chi connectivity index (χ2v) is 7.65. The van der Waals surface area contributed by atoms with Gasteiger partial charge in [-0.1, -0.05) is 36.0 Å². The maximum absolute atomic E-state index is 12.2. The fourth-order valence-corrected chi connectivity index (χ4v) is 3.92. The number of hydrogen-bond donors (Lipinski definition) is 1. The first kappa shape index (κ1) is 18.3. The number of thioether (sulfide) groups is 1. The molecule has 4 rings (SSSR count). The van der Waals surface area contributed by atoms with Gasteiger partial charge in [0, 0.05) is 17.8 Å². The summed E-state index contributed by atoms with van der Waals surface area (Å²) in [5.41, 5.74) is 2.75. The molecule has 0 saturated carbocycles. The number of aromatic nitrogens is 5. The highest BCUT2D eigenvalue weighted by Gasteiger charge is 2.19. The molecule has 0 spiro atoms. The summed E-state index contributed by atoms with van der Waals surface area (Å²) in [7, 11) is 0. The second-order valence-electron chi connectivity index (χ2n) is 5.82. The summed E-state index contributed by atoms with van der Waals surface area (Å²) >= 11 is 2.70. The molecule has 3 aromatic heterocycles. The number of pyridine rings is 1. The van der Waals surface area contributed by atoms with Crippen molar-refractivity contribution in [1.29, 1.82) is 0 Å². The minimum Gasteiger partial charge on any atom is -0.301 e. The predicted molar refractivity (Wildman–Crippen MR) is 111 cm³/mol. The number of hydrogen-bond acceptors (Lipinski definition) is 7. The van der Waals surface area contributed by atoms with Crippen LogP contribution in [0.2, 0.25) is 0 Å². The van der Waals surface area contributed by atoms with Crippen LogP contribution >= 0.6 is 23.1 Å². The number of anilines is 1. The molecule has 7 nitrogen and oxygen atoms in total. The molecule has 140 valence electrons. The lowest BCUT2D eigenvalue weighted by molar-refractivity contribution is -0.113. The molecule has 0 unspecified atom stereocenters. The van der Waals surface area contributed by atoms with E-state index in [1.165, 1.54) is 23.1 Å². The topological polar surface area (TPSA) is 85.6 Å². The van der Waals surface area contributed by atoms with Crippen molar-refractivity contribution in [2.75, 3.05) is 11.1 Å². The van der Waals surface area contributed by atoms with Crippen molar-refractivity contribution >= 4 is 34.1 Å². The second kappa shape index (κ2) is 8.32. The van der Waals surface area contributed by atoms with Crippen molar-refractivity contribution in [1.82, 2.24) is 24.7 Å². The Hall–Kier alpha value is -3.04. The zero-order valence-electron chi connectivity index (χ0n) is 14.9. The van der Waals surface area contributed by atoms with Gasteiger partial charge < -0.3 is 5.32 Å². The minimum atomic E-state index is -0.140. The van der Waals surface area contributed by atoms with E-state index in [0.29, 0.717) is 16.1 Å². The van der Waals surface area contributed by atoms with Gasteiger partial charge in [-0.25, -0.2) is 4.98 Å². The molecule has 1 N–H and O–H groups in total. The average molecular weight is 409 g/mol. The first-order valence-electron chi connectivity index (χ1n) is 8.47. The van der Waals surface area contributed by atoms with Crippen LogP contribution in [0.25, 0.3) is 17.2 Å². The van der Waals surface area contributed by atoms with Gasteiger partial charge in [0.05, 0.1) is 11.4 Å². The number of para-hydroxylation sites is 1. The molecule has 0 aliphatic rings. The summed E-state index contributed by atoms with van der Waals surface area (Å²) < 4.78 is 1.94. The van der Waals surface area contributed by atoms with Crippen LogP contribution in [-0.2, 0) is 4.79 Å². The van der Waals surface area contributed by atoms with Crippen LogP contribution in [0.1, 0.15) is 5.56 Å². The molecular weight excluding hydrogens is 392 g/mol. The third-order valence-electron chi connectivity index (χ3n) is 3.89. The van der Waals surface area contributed by atoms with E-state index in [1.54, 1.807) is 12.4 Å². The Morgan fingerprint density at radius 3 is 2.71 bits per heavy atom. The quantitative estimate of drug-likeness (QED) is 0.488. The number of thiazole rings is 1. The largest absolute Gasteiger partial charge is 0.301 e. The zero-order chi connectivity index (χ0) is 19.3. The van der Waals surface area contributed by atoms with Crippen LogP contribution in [0.15, 0.2) is 65.4 Å². The van der Waals surface area contributed by atoms with Crippen LogP contribution in [0.3, 0.4) is 0 Å². The molecule has 4 aromatic rings. The Balaban J connectivity index is 1.65. The van der Waals surface area contributed by atoms with Crippen molar-refractivity contribution in [3.05, 3.63) is 65.8 Å². The van der Waals surface area contributed by atoms with Crippen molar-refractivity contribution < 1.29 is 4.79 Å². The molecule has 28 heavy (non-hydrogen) atoms. The van der Waals surface area contributed by atoms with E-state index >= 15 is 0 Å². The van der Waals surface area contributed by atoms with E-state index < -0.39 is 0 Å². The summed E-state index contributed by atoms with van der Waals surface area (Å²) in [4.78, 5) is 20.7. The highest BCUT2D eigenvalue weighted by atomic mass is 32.2. The van der Waals surface area contributed by atoms with Crippen LogP contribution in [-0.4, -0.2) is 36.4 Å². The predicted octanol–water partition coefficient (Wildman–Crippen LogP) is 3.83. The summed E-state index contributed by atoms with van der Waals surface area (Å²) in [5, 5.41) is 14.5. The van der Waals surface area contributed by atoms with Gasteiger partial charge >= 0.3 is 0 Å². The summed E-state index contributed by atoms with van der Waals surface area (Å²) in [6, 6.07) is 13.6. The van der Waals surface area contributed by atoms with Crippen molar-refractivity contribution in [2.24, 2.45) is 0 Å². The Bertz CT molecular complexity index is 1080. The van der Waals surface area contributed by atoms with E-state index in [2.05, 4.69) is 25.5 Å². The maximum atomic E-state index is 12.2. The normalized spacial score (nSPS) is 10.8. The molecule has 1 aromatic carbocycles. The molecule has 0 atom stereocenters. The monoisotopic (exact) mass is 408 g/mol. The van der Waals surface area contributed by atoms with Crippen LogP contribution < -0.4 is 5.32 Å². The van der Waals surface area contributed by atoms with E-state index in [-0.39, 0.29) is 11.7 Å².